The highest BCUT2D eigenvalue weighted by atomic mass is 15.1. The van der Waals surface area contributed by atoms with E-state index in [1.165, 1.54) is 16.8 Å². The summed E-state index contributed by atoms with van der Waals surface area (Å²) in [6.07, 6.45) is 0. The Balaban J connectivity index is 1.84. The highest BCUT2D eigenvalue weighted by molar-refractivity contribution is 5.39. The van der Waals surface area contributed by atoms with Gasteiger partial charge in [-0.15, -0.1) is 4.90 Å². The Kier molecular flexibility index (Phi) is 4.45. The van der Waals surface area contributed by atoms with E-state index in [0.717, 1.165) is 13.1 Å². The van der Waals surface area contributed by atoms with Crippen LogP contribution < -0.4 is 4.90 Å². The first-order valence-electron chi connectivity index (χ1n) is 7.30. The SMILES string of the molecule is c1ccc(C[N+](Cc2ccccc2)c2ccccc2)cc1. The van der Waals surface area contributed by atoms with Crippen molar-refractivity contribution in [1.29, 1.82) is 0 Å². The van der Waals surface area contributed by atoms with Gasteiger partial charge in [-0.1, -0.05) is 78.9 Å². The van der Waals surface area contributed by atoms with Crippen LogP contribution in [0.4, 0.5) is 5.69 Å². The largest absolute Gasteiger partial charge is 0.181 e. The van der Waals surface area contributed by atoms with Gasteiger partial charge in [-0.05, 0) is 0 Å². The van der Waals surface area contributed by atoms with E-state index in [1.807, 2.05) is 0 Å². The molecule has 0 saturated heterocycles. The van der Waals surface area contributed by atoms with Crippen LogP contribution in [0.1, 0.15) is 11.1 Å². The van der Waals surface area contributed by atoms with Gasteiger partial charge in [-0.3, -0.25) is 0 Å². The molecule has 1 heteroatoms. The molecule has 0 spiro atoms. The number of rotatable bonds is 5. The van der Waals surface area contributed by atoms with Gasteiger partial charge in [0.1, 0.15) is 0 Å². The second-order valence-electron chi connectivity index (χ2n) is 5.16. The molecule has 0 aliphatic heterocycles. The van der Waals surface area contributed by atoms with Gasteiger partial charge < -0.3 is 0 Å². The Bertz CT molecular complexity index is 606. The standard InChI is InChI=1S/C20H19N/c1-4-10-18(11-5-1)16-21(20-14-8-3-9-15-20)17-19-12-6-2-7-13-19/h1-15H,16-17H2/q+1. The maximum Gasteiger partial charge on any atom is 0.181 e. The molecule has 0 fully saturated rings. The van der Waals surface area contributed by atoms with Crippen molar-refractivity contribution < 1.29 is 0 Å². The average Bonchev–Trinajstić information content (AvgIpc) is 2.57. The topological polar surface area (TPSA) is 5.90 Å². The molecule has 0 aliphatic carbocycles. The number of benzene rings is 3. The minimum atomic E-state index is 0.916. The minimum Gasteiger partial charge on any atom is -0.125 e. The van der Waals surface area contributed by atoms with Gasteiger partial charge in [0.25, 0.3) is 0 Å². The van der Waals surface area contributed by atoms with E-state index < -0.39 is 0 Å². The Hall–Kier alpha value is -2.38. The van der Waals surface area contributed by atoms with Gasteiger partial charge in [0, 0.05) is 23.3 Å². The molecular formula is C20H19N+. The summed E-state index contributed by atoms with van der Waals surface area (Å²) in [5.74, 6) is 0. The molecule has 3 rings (SSSR count). The lowest BCUT2D eigenvalue weighted by Crippen LogP contribution is -2.23. The van der Waals surface area contributed by atoms with Crippen LogP contribution in [0.5, 0.6) is 0 Å². The molecule has 0 saturated carbocycles. The predicted octanol–water partition coefficient (Wildman–Crippen LogP) is 4.86. The molecule has 0 aliphatic rings. The summed E-state index contributed by atoms with van der Waals surface area (Å²) in [7, 11) is 0. The summed E-state index contributed by atoms with van der Waals surface area (Å²) in [5, 5.41) is 0. The molecule has 0 unspecified atom stereocenters. The third-order valence-corrected chi connectivity index (χ3v) is 3.55. The van der Waals surface area contributed by atoms with Gasteiger partial charge in [-0.2, -0.15) is 0 Å². The summed E-state index contributed by atoms with van der Waals surface area (Å²) in [6, 6.07) is 31.8. The summed E-state index contributed by atoms with van der Waals surface area (Å²) >= 11 is 0. The fourth-order valence-corrected chi connectivity index (χ4v) is 2.48. The zero-order valence-electron chi connectivity index (χ0n) is 12.0. The maximum atomic E-state index is 2.41. The van der Waals surface area contributed by atoms with Crippen LogP contribution in [-0.2, 0) is 13.1 Å². The molecule has 1 radical (unpaired) electrons. The quantitative estimate of drug-likeness (QED) is 0.586. The fourth-order valence-electron chi connectivity index (χ4n) is 2.48. The second kappa shape index (κ2) is 6.87. The third kappa shape index (κ3) is 3.80. The van der Waals surface area contributed by atoms with Crippen molar-refractivity contribution in [2.45, 2.75) is 13.1 Å². The van der Waals surface area contributed by atoms with Gasteiger partial charge in [0.2, 0.25) is 0 Å². The second-order valence-corrected chi connectivity index (χ2v) is 5.16. The lowest BCUT2D eigenvalue weighted by atomic mass is 10.1. The summed E-state index contributed by atoms with van der Waals surface area (Å²) in [5.41, 5.74) is 3.92. The summed E-state index contributed by atoms with van der Waals surface area (Å²) in [4.78, 5) is 2.41. The smallest absolute Gasteiger partial charge is 0.125 e. The minimum absolute atomic E-state index is 0.916. The van der Waals surface area contributed by atoms with Crippen molar-refractivity contribution in [1.82, 2.24) is 4.90 Å². The van der Waals surface area contributed by atoms with Crippen LogP contribution in [0.2, 0.25) is 0 Å². The van der Waals surface area contributed by atoms with E-state index in [-0.39, 0.29) is 0 Å². The zero-order chi connectivity index (χ0) is 14.3. The van der Waals surface area contributed by atoms with Crippen molar-refractivity contribution >= 4 is 5.69 Å². The average molecular weight is 273 g/mol. The molecule has 0 heterocycles. The van der Waals surface area contributed by atoms with Crippen molar-refractivity contribution in [2.24, 2.45) is 0 Å². The molecule has 3 aromatic rings. The first-order chi connectivity index (χ1) is 10.4. The van der Waals surface area contributed by atoms with Gasteiger partial charge in [-0.25, -0.2) is 0 Å². The van der Waals surface area contributed by atoms with Crippen molar-refractivity contribution in [3.8, 4) is 0 Å². The van der Waals surface area contributed by atoms with Crippen LogP contribution in [0, 0.1) is 0 Å². The monoisotopic (exact) mass is 273 g/mol. The van der Waals surface area contributed by atoms with E-state index in [1.54, 1.807) is 0 Å². The molecular weight excluding hydrogens is 254 g/mol. The van der Waals surface area contributed by atoms with Crippen LogP contribution in [0.25, 0.3) is 0 Å². The van der Waals surface area contributed by atoms with E-state index in [0.29, 0.717) is 0 Å². The van der Waals surface area contributed by atoms with E-state index in [2.05, 4.69) is 95.9 Å². The Morgan fingerprint density at radius 2 is 0.857 bits per heavy atom. The maximum absolute atomic E-state index is 2.41. The Morgan fingerprint density at radius 1 is 0.476 bits per heavy atom. The molecule has 3 aromatic carbocycles. The molecule has 0 bridgehead atoms. The number of para-hydroxylation sites is 1. The van der Waals surface area contributed by atoms with Crippen LogP contribution in [0.15, 0.2) is 91.0 Å². The normalized spacial score (nSPS) is 10.7. The molecule has 1 nitrogen and oxygen atoms in total. The summed E-state index contributed by atoms with van der Waals surface area (Å²) in [6.45, 7) is 1.83. The highest BCUT2D eigenvalue weighted by Gasteiger charge is 2.19. The molecule has 103 valence electrons. The van der Waals surface area contributed by atoms with E-state index in [4.69, 9.17) is 0 Å². The van der Waals surface area contributed by atoms with Gasteiger partial charge in [0.05, 0.1) is 0 Å². The first-order valence-corrected chi connectivity index (χ1v) is 7.30. The van der Waals surface area contributed by atoms with Crippen molar-refractivity contribution in [2.75, 3.05) is 0 Å². The highest BCUT2D eigenvalue weighted by Crippen LogP contribution is 2.19. The van der Waals surface area contributed by atoms with Gasteiger partial charge >= 0.3 is 0 Å². The zero-order valence-corrected chi connectivity index (χ0v) is 12.0. The Morgan fingerprint density at radius 3 is 1.29 bits per heavy atom. The number of nitrogens with zero attached hydrogens (tertiary/aromatic N) is 1. The fraction of sp³-hybridized carbons (Fsp3) is 0.100. The van der Waals surface area contributed by atoms with E-state index in [9.17, 15) is 0 Å². The van der Waals surface area contributed by atoms with Crippen LogP contribution in [0.3, 0.4) is 0 Å². The van der Waals surface area contributed by atoms with E-state index >= 15 is 0 Å². The third-order valence-electron chi connectivity index (χ3n) is 3.55. The number of anilines is 1. The predicted molar refractivity (Wildman–Crippen MR) is 88.5 cm³/mol. The molecule has 0 amide bonds. The summed E-state index contributed by atoms with van der Waals surface area (Å²) < 4.78 is 0. The molecule has 0 atom stereocenters. The lowest BCUT2D eigenvalue weighted by molar-refractivity contribution is 0.523. The number of hydrogen-bond donors (Lipinski definition) is 0. The first kappa shape index (κ1) is 13.6. The molecule has 0 N–H and O–H groups in total. The number of hydrogen-bond acceptors (Lipinski definition) is 1. The molecule has 21 heavy (non-hydrogen) atoms. The Labute approximate surface area is 126 Å². The van der Waals surface area contributed by atoms with Crippen LogP contribution in [-0.4, -0.2) is 0 Å². The van der Waals surface area contributed by atoms with Crippen LogP contribution >= 0.6 is 0 Å². The van der Waals surface area contributed by atoms with Gasteiger partial charge in [0.15, 0.2) is 18.8 Å². The van der Waals surface area contributed by atoms with Crippen molar-refractivity contribution in [3.05, 3.63) is 102 Å². The lowest BCUT2D eigenvalue weighted by Gasteiger charge is -2.12. The van der Waals surface area contributed by atoms with Crippen molar-refractivity contribution in [3.63, 3.8) is 0 Å². The molecule has 0 aromatic heterocycles.